The third kappa shape index (κ3) is 2.49. The van der Waals surface area contributed by atoms with E-state index >= 15 is 0 Å². The lowest BCUT2D eigenvalue weighted by Crippen LogP contribution is -2.42. The van der Waals surface area contributed by atoms with Gasteiger partial charge in [-0.3, -0.25) is 0 Å². The maximum Gasteiger partial charge on any atom is 0.407 e. The van der Waals surface area contributed by atoms with Crippen molar-refractivity contribution in [3.8, 4) is 5.75 Å². The molecule has 1 aromatic rings. The summed E-state index contributed by atoms with van der Waals surface area (Å²) in [6, 6.07) is 6.13. The molecule has 0 radical (unpaired) electrons. The smallest absolute Gasteiger partial charge is 0.407 e. The second-order valence-corrected chi connectivity index (χ2v) is 8.24. The third-order valence-electron chi connectivity index (χ3n) is 4.74. The maximum atomic E-state index is 11.6. The van der Waals surface area contributed by atoms with Crippen LogP contribution in [0.3, 0.4) is 0 Å². The highest BCUT2D eigenvalue weighted by atomic mass is 127. The van der Waals surface area contributed by atoms with Crippen LogP contribution in [0.5, 0.6) is 5.75 Å². The van der Waals surface area contributed by atoms with Crippen molar-refractivity contribution in [3.05, 3.63) is 27.3 Å². The lowest BCUT2D eigenvalue weighted by Gasteiger charge is -2.37. The minimum atomic E-state index is -0.838. The van der Waals surface area contributed by atoms with Gasteiger partial charge in [-0.15, -0.1) is 0 Å². The van der Waals surface area contributed by atoms with E-state index in [1.54, 1.807) is 4.90 Å². The van der Waals surface area contributed by atoms with Crippen LogP contribution >= 0.6 is 22.6 Å². The van der Waals surface area contributed by atoms with Gasteiger partial charge in [0.2, 0.25) is 0 Å². The van der Waals surface area contributed by atoms with Gasteiger partial charge in [0.25, 0.3) is 0 Å². The van der Waals surface area contributed by atoms with Crippen molar-refractivity contribution >= 4 is 28.7 Å². The minimum Gasteiger partial charge on any atom is -0.491 e. The first-order valence-electron chi connectivity index (χ1n) is 7.21. The Kier molecular flexibility index (Phi) is 3.58. The summed E-state index contributed by atoms with van der Waals surface area (Å²) in [5, 5.41) is 9.51. The fraction of sp³-hybridized carbons (Fsp3) is 0.562. The van der Waals surface area contributed by atoms with Crippen LogP contribution in [0.15, 0.2) is 18.2 Å². The molecular weight excluding hydrogens is 381 g/mol. The van der Waals surface area contributed by atoms with Crippen molar-refractivity contribution in [1.82, 2.24) is 4.90 Å². The zero-order valence-corrected chi connectivity index (χ0v) is 14.6. The van der Waals surface area contributed by atoms with Gasteiger partial charge in [-0.2, -0.15) is 0 Å². The zero-order chi connectivity index (χ0) is 15.4. The van der Waals surface area contributed by atoms with Crippen LogP contribution in [0.2, 0.25) is 0 Å². The Morgan fingerprint density at radius 3 is 2.76 bits per heavy atom. The Bertz CT molecular complexity index is 581. The number of halogens is 1. The molecule has 0 spiro atoms. The van der Waals surface area contributed by atoms with E-state index in [-0.39, 0.29) is 17.4 Å². The Balaban J connectivity index is 2.09. The molecule has 5 heteroatoms. The summed E-state index contributed by atoms with van der Waals surface area (Å²) in [7, 11) is 0. The van der Waals surface area contributed by atoms with E-state index in [1.807, 2.05) is 12.1 Å². The number of likely N-dealkylation sites (tertiary alicyclic amines) is 1. The predicted octanol–water partition coefficient (Wildman–Crippen LogP) is 3.79. The highest BCUT2D eigenvalue weighted by Gasteiger charge is 2.51. The molecular formula is C16H20INO3. The topological polar surface area (TPSA) is 49.8 Å². The van der Waals surface area contributed by atoms with Gasteiger partial charge >= 0.3 is 6.09 Å². The number of benzene rings is 1. The van der Waals surface area contributed by atoms with E-state index in [1.165, 1.54) is 5.56 Å². The van der Waals surface area contributed by atoms with Gasteiger partial charge < -0.3 is 14.7 Å². The van der Waals surface area contributed by atoms with E-state index in [4.69, 9.17) is 4.74 Å². The third-order valence-corrected chi connectivity index (χ3v) is 5.41. The van der Waals surface area contributed by atoms with Crippen molar-refractivity contribution < 1.29 is 14.6 Å². The molecule has 2 aliphatic rings. The lowest BCUT2D eigenvalue weighted by atomic mass is 9.70. The number of fused-ring (bicyclic) bond motifs is 3. The normalized spacial score (nSPS) is 27.8. The van der Waals surface area contributed by atoms with Crippen molar-refractivity contribution in [2.75, 3.05) is 13.2 Å². The number of amides is 1. The van der Waals surface area contributed by atoms with Gasteiger partial charge in [0, 0.05) is 21.6 Å². The Morgan fingerprint density at radius 2 is 2.14 bits per heavy atom. The van der Waals surface area contributed by atoms with Crippen LogP contribution in [0.4, 0.5) is 4.79 Å². The average Bonchev–Trinajstić information content (AvgIpc) is 2.78. The van der Waals surface area contributed by atoms with Crippen LogP contribution in [-0.2, 0) is 0 Å². The second-order valence-electron chi connectivity index (χ2n) is 6.99. The molecule has 0 aromatic heterocycles. The summed E-state index contributed by atoms with van der Waals surface area (Å²) in [6.07, 6.45) is -0.838. The number of hydrogen-bond acceptors (Lipinski definition) is 2. The molecule has 4 nitrogen and oxygen atoms in total. The second kappa shape index (κ2) is 5.04. The van der Waals surface area contributed by atoms with E-state index in [0.29, 0.717) is 19.1 Å². The highest BCUT2D eigenvalue weighted by Crippen LogP contribution is 2.51. The van der Waals surface area contributed by atoms with Gasteiger partial charge in [0.1, 0.15) is 12.4 Å². The van der Waals surface area contributed by atoms with Gasteiger partial charge in [0.15, 0.2) is 0 Å². The fourth-order valence-electron chi connectivity index (χ4n) is 3.66. The fourth-order valence-corrected chi connectivity index (χ4v) is 4.17. The number of ether oxygens (including phenoxy) is 1. The summed E-state index contributed by atoms with van der Waals surface area (Å²) in [4.78, 5) is 13.1. The molecule has 1 saturated heterocycles. The summed E-state index contributed by atoms with van der Waals surface area (Å²) in [5.41, 5.74) is 1.23. The Labute approximate surface area is 138 Å². The van der Waals surface area contributed by atoms with Gasteiger partial charge in [-0.1, -0.05) is 20.8 Å². The molecule has 21 heavy (non-hydrogen) atoms. The molecule has 2 heterocycles. The molecule has 3 unspecified atom stereocenters. The zero-order valence-electron chi connectivity index (χ0n) is 12.5. The largest absolute Gasteiger partial charge is 0.491 e. The predicted molar refractivity (Wildman–Crippen MR) is 88.9 cm³/mol. The first-order valence-corrected chi connectivity index (χ1v) is 8.28. The minimum absolute atomic E-state index is 0.0585. The molecule has 2 aliphatic heterocycles. The molecule has 0 saturated carbocycles. The molecule has 0 bridgehead atoms. The molecule has 1 fully saturated rings. The summed E-state index contributed by atoms with van der Waals surface area (Å²) < 4.78 is 6.99. The van der Waals surface area contributed by atoms with E-state index in [0.717, 1.165) is 9.32 Å². The van der Waals surface area contributed by atoms with Crippen LogP contribution in [0.25, 0.3) is 0 Å². The summed E-state index contributed by atoms with van der Waals surface area (Å²) in [6.45, 7) is 7.63. The number of carbonyl (C=O) groups is 1. The van der Waals surface area contributed by atoms with Crippen LogP contribution in [0.1, 0.15) is 32.3 Å². The van der Waals surface area contributed by atoms with E-state index in [2.05, 4.69) is 49.4 Å². The van der Waals surface area contributed by atoms with Gasteiger partial charge in [-0.25, -0.2) is 4.79 Å². The van der Waals surface area contributed by atoms with Crippen molar-refractivity contribution in [2.24, 2.45) is 11.3 Å². The maximum absolute atomic E-state index is 11.6. The Morgan fingerprint density at radius 1 is 1.43 bits per heavy atom. The summed E-state index contributed by atoms with van der Waals surface area (Å²) in [5.74, 6) is 1.44. The van der Waals surface area contributed by atoms with E-state index in [9.17, 15) is 9.90 Å². The standard InChI is InChI=1S/C16H20INO3/c1-16(2,3)11-7-18(15(19)20)12-8-21-13-5-4-9(17)6-10(13)14(11)12/h4-6,11-12,14H,7-8H2,1-3H3,(H,19,20). The monoisotopic (exact) mass is 401 g/mol. The molecule has 3 rings (SSSR count). The quantitative estimate of drug-likeness (QED) is 0.673. The van der Waals surface area contributed by atoms with Crippen molar-refractivity contribution in [1.29, 1.82) is 0 Å². The first-order chi connectivity index (χ1) is 9.79. The molecule has 1 N–H and O–H groups in total. The van der Waals surface area contributed by atoms with Crippen molar-refractivity contribution in [3.63, 3.8) is 0 Å². The van der Waals surface area contributed by atoms with Crippen LogP contribution in [0, 0.1) is 14.9 Å². The van der Waals surface area contributed by atoms with Crippen molar-refractivity contribution in [2.45, 2.75) is 32.7 Å². The van der Waals surface area contributed by atoms with Crippen LogP contribution in [-0.4, -0.2) is 35.3 Å². The molecule has 1 aromatic carbocycles. The molecule has 114 valence electrons. The number of rotatable bonds is 0. The van der Waals surface area contributed by atoms with Crippen LogP contribution < -0.4 is 4.74 Å². The summed E-state index contributed by atoms with van der Waals surface area (Å²) >= 11 is 2.30. The molecule has 1 amide bonds. The number of carboxylic acid groups (broad SMARTS) is 1. The average molecular weight is 401 g/mol. The number of nitrogens with zero attached hydrogens (tertiary/aromatic N) is 1. The van der Waals surface area contributed by atoms with Gasteiger partial charge in [-0.05, 0) is 52.1 Å². The number of hydrogen-bond donors (Lipinski definition) is 1. The van der Waals surface area contributed by atoms with Gasteiger partial charge in [0.05, 0.1) is 6.04 Å². The highest BCUT2D eigenvalue weighted by molar-refractivity contribution is 14.1. The lowest BCUT2D eigenvalue weighted by molar-refractivity contribution is 0.113. The van der Waals surface area contributed by atoms with E-state index < -0.39 is 6.09 Å². The molecule has 3 atom stereocenters. The first kappa shape index (κ1) is 14.9. The molecule has 0 aliphatic carbocycles. The SMILES string of the molecule is CC(C)(C)C1CN(C(=O)O)C2COc3ccc(I)cc3C21. The Hall–Kier alpha value is -0.980.